The summed E-state index contributed by atoms with van der Waals surface area (Å²) in [4.78, 5) is 11.6. The van der Waals surface area contributed by atoms with Gasteiger partial charge in [0.1, 0.15) is 13.2 Å². The van der Waals surface area contributed by atoms with Crippen LogP contribution >= 0.6 is 0 Å². The normalized spacial score (nSPS) is 14.0. The first-order chi connectivity index (χ1) is 10.4. The lowest BCUT2D eigenvalue weighted by atomic mass is 10.3. The Morgan fingerprint density at radius 2 is 1.95 bits per heavy atom. The number of rotatable bonds is 6. The zero-order chi connectivity index (χ0) is 16.2. The molecule has 0 atom stereocenters. The van der Waals surface area contributed by atoms with Crippen molar-refractivity contribution in [2.24, 2.45) is 0 Å². The molecule has 122 valence electrons. The summed E-state index contributed by atoms with van der Waals surface area (Å²) in [6.45, 7) is 4.62. The lowest BCUT2D eigenvalue weighted by Gasteiger charge is -2.18. The van der Waals surface area contributed by atoms with Crippen LogP contribution in [-0.4, -0.2) is 40.2 Å². The van der Waals surface area contributed by atoms with Gasteiger partial charge in [-0.05, 0) is 26.0 Å². The van der Waals surface area contributed by atoms with E-state index in [1.807, 2.05) is 18.6 Å². The summed E-state index contributed by atoms with van der Waals surface area (Å²) in [6.07, 6.45) is -0.0377. The van der Waals surface area contributed by atoms with Gasteiger partial charge in [0.25, 0.3) is 10.0 Å². The maximum Gasteiger partial charge on any atom is 0.264 e. The van der Waals surface area contributed by atoms with Crippen LogP contribution in [0.5, 0.6) is 11.5 Å². The van der Waals surface area contributed by atoms with Gasteiger partial charge in [-0.1, -0.05) is 0 Å². The molecule has 1 aromatic carbocycles. The highest BCUT2D eigenvalue weighted by atomic mass is 32.2. The zero-order valence-electron chi connectivity index (χ0n) is 12.5. The first kappa shape index (κ1) is 16.6. The minimum Gasteiger partial charge on any atom is -0.486 e. The summed E-state index contributed by atoms with van der Waals surface area (Å²) in [7, 11) is -3.93. The van der Waals surface area contributed by atoms with Crippen LogP contribution in [0.3, 0.4) is 0 Å². The van der Waals surface area contributed by atoms with Crippen molar-refractivity contribution in [3.8, 4) is 11.5 Å². The van der Waals surface area contributed by atoms with Crippen molar-refractivity contribution in [1.29, 1.82) is 0 Å². The summed E-state index contributed by atoms with van der Waals surface area (Å²) in [5, 5.41) is 0. The van der Waals surface area contributed by atoms with E-state index < -0.39 is 15.9 Å². The van der Waals surface area contributed by atoms with E-state index >= 15 is 0 Å². The third-order valence-corrected chi connectivity index (χ3v) is 4.22. The largest absolute Gasteiger partial charge is 0.486 e. The van der Waals surface area contributed by atoms with Crippen molar-refractivity contribution in [1.82, 2.24) is 4.72 Å². The van der Waals surface area contributed by atoms with E-state index in [2.05, 4.69) is 0 Å². The Balaban J connectivity index is 2.02. The summed E-state index contributed by atoms with van der Waals surface area (Å²) in [5.74, 6) is 0.224. The summed E-state index contributed by atoms with van der Waals surface area (Å²) < 4.78 is 42.2. The molecule has 0 unspecified atom stereocenters. The van der Waals surface area contributed by atoms with E-state index in [9.17, 15) is 13.2 Å². The van der Waals surface area contributed by atoms with Crippen LogP contribution in [0.2, 0.25) is 0 Å². The van der Waals surface area contributed by atoms with Gasteiger partial charge in [-0.3, -0.25) is 4.79 Å². The van der Waals surface area contributed by atoms with E-state index in [0.717, 1.165) is 0 Å². The number of ether oxygens (including phenoxy) is 3. The Morgan fingerprint density at radius 1 is 1.27 bits per heavy atom. The number of benzene rings is 1. The molecule has 0 saturated carbocycles. The fourth-order valence-electron chi connectivity index (χ4n) is 1.84. The maximum atomic E-state index is 12.2. The summed E-state index contributed by atoms with van der Waals surface area (Å²) in [5.41, 5.74) is 0. The molecule has 1 amide bonds. The third kappa shape index (κ3) is 4.35. The number of hydrogen-bond donors (Lipinski definition) is 1. The number of sulfonamides is 1. The second-order valence-electron chi connectivity index (χ2n) is 5.00. The van der Waals surface area contributed by atoms with Gasteiger partial charge < -0.3 is 14.2 Å². The van der Waals surface area contributed by atoms with Crippen molar-refractivity contribution >= 4 is 15.9 Å². The predicted octanol–water partition coefficient (Wildman–Crippen LogP) is 1.08. The lowest BCUT2D eigenvalue weighted by molar-refractivity contribution is -0.120. The molecule has 8 heteroatoms. The smallest absolute Gasteiger partial charge is 0.264 e. The fraction of sp³-hybridized carbons (Fsp3) is 0.500. The number of nitrogens with one attached hydrogen (secondary N) is 1. The Bertz CT molecular complexity index is 641. The summed E-state index contributed by atoms with van der Waals surface area (Å²) >= 11 is 0. The minimum atomic E-state index is -3.93. The highest BCUT2D eigenvalue weighted by Crippen LogP contribution is 2.32. The maximum absolute atomic E-state index is 12.2. The van der Waals surface area contributed by atoms with Crippen molar-refractivity contribution in [2.75, 3.05) is 19.8 Å². The Labute approximate surface area is 129 Å². The molecule has 0 aromatic heterocycles. The molecule has 1 N–H and O–H groups in total. The van der Waals surface area contributed by atoms with Gasteiger partial charge in [0, 0.05) is 6.07 Å². The first-order valence-corrected chi connectivity index (χ1v) is 8.44. The lowest BCUT2D eigenvalue weighted by Crippen LogP contribution is -2.31. The van der Waals surface area contributed by atoms with Gasteiger partial charge in [0.15, 0.2) is 11.5 Å². The molecule has 1 aliphatic heterocycles. The van der Waals surface area contributed by atoms with E-state index in [1.54, 1.807) is 0 Å². The highest BCUT2D eigenvalue weighted by molar-refractivity contribution is 7.90. The second kappa shape index (κ2) is 6.97. The Hall–Kier alpha value is -1.80. The van der Waals surface area contributed by atoms with E-state index in [1.165, 1.54) is 18.2 Å². The van der Waals surface area contributed by atoms with Gasteiger partial charge in [-0.2, -0.15) is 0 Å². The van der Waals surface area contributed by atoms with Crippen LogP contribution in [0.1, 0.15) is 20.3 Å². The van der Waals surface area contributed by atoms with Gasteiger partial charge in [-0.25, -0.2) is 13.1 Å². The number of carbonyl (C=O) groups is 1. The van der Waals surface area contributed by atoms with Gasteiger partial charge in [-0.15, -0.1) is 0 Å². The van der Waals surface area contributed by atoms with Crippen LogP contribution in [0.25, 0.3) is 0 Å². The molecule has 7 nitrogen and oxygen atoms in total. The number of carbonyl (C=O) groups excluding carboxylic acids is 1. The average Bonchev–Trinajstić information content (AvgIpc) is 2.45. The Kier molecular flexibility index (Phi) is 5.25. The van der Waals surface area contributed by atoms with Crippen LogP contribution in [-0.2, 0) is 19.6 Å². The van der Waals surface area contributed by atoms with Crippen molar-refractivity contribution in [2.45, 2.75) is 31.3 Å². The number of fused-ring (bicyclic) bond motifs is 1. The van der Waals surface area contributed by atoms with Crippen LogP contribution in [0.15, 0.2) is 23.1 Å². The van der Waals surface area contributed by atoms with E-state index in [0.29, 0.717) is 24.7 Å². The molecule has 0 fully saturated rings. The SMILES string of the molecule is CC(C)OCCC(=O)NS(=O)(=O)c1ccc2c(c1)OCCO2. The monoisotopic (exact) mass is 329 g/mol. The topological polar surface area (TPSA) is 90.9 Å². The van der Waals surface area contributed by atoms with Crippen LogP contribution < -0.4 is 14.2 Å². The van der Waals surface area contributed by atoms with Crippen molar-refractivity contribution in [3.63, 3.8) is 0 Å². The number of hydrogen-bond acceptors (Lipinski definition) is 6. The van der Waals surface area contributed by atoms with Crippen molar-refractivity contribution in [3.05, 3.63) is 18.2 Å². The van der Waals surface area contributed by atoms with Crippen LogP contribution in [0, 0.1) is 0 Å². The molecular weight excluding hydrogens is 310 g/mol. The molecule has 0 aliphatic carbocycles. The fourth-order valence-corrected chi connectivity index (χ4v) is 2.87. The molecular formula is C14H19NO6S. The highest BCUT2D eigenvalue weighted by Gasteiger charge is 2.21. The zero-order valence-corrected chi connectivity index (χ0v) is 13.3. The molecule has 0 bridgehead atoms. The van der Waals surface area contributed by atoms with Gasteiger partial charge in [0.05, 0.1) is 24.0 Å². The van der Waals surface area contributed by atoms with E-state index in [4.69, 9.17) is 14.2 Å². The van der Waals surface area contributed by atoms with Gasteiger partial charge >= 0.3 is 0 Å². The molecule has 2 rings (SSSR count). The second-order valence-corrected chi connectivity index (χ2v) is 6.69. The third-order valence-electron chi connectivity index (χ3n) is 2.85. The standard InChI is InChI=1S/C14H19NO6S/c1-10(2)19-6-5-14(16)15-22(17,18)11-3-4-12-13(9-11)21-8-7-20-12/h3-4,9-10H,5-8H2,1-2H3,(H,15,16). The summed E-state index contributed by atoms with van der Waals surface area (Å²) in [6, 6.07) is 4.22. The molecule has 22 heavy (non-hydrogen) atoms. The minimum absolute atomic E-state index is 0.0119. The first-order valence-electron chi connectivity index (χ1n) is 6.95. The molecule has 0 radical (unpaired) electrons. The average molecular weight is 329 g/mol. The molecule has 1 heterocycles. The van der Waals surface area contributed by atoms with Crippen molar-refractivity contribution < 1.29 is 27.4 Å². The Morgan fingerprint density at radius 3 is 2.64 bits per heavy atom. The molecule has 1 aromatic rings. The predicted molar refractivity (Wildman–Crippen MR) is 78.5 cm³/mol. The van der Waals surface area contributed by atoms with Crippen LogP contribution in [0.4, 0.5) is 0 Å². The molecule has 0 saturated heterocycles. The molecule has 1 aliphatic rings. The van der Waals surface area contributed by atoms with Gasteiger partial charge in [0.2, 0.25) is 5.91 Å². The number of amides is 1. The van der Waals surface area contributed by atoms with E-state index in [-0.39, 0.29) is 24.0 Å². The quantitative estimate of drug-likeness (QED) is 0.840. The molecule has 0 spiro atoms.